The molecule has 2 N–H and O–H groups in total. The lowest BCUT2D eigenvalue weighted by molar-refractivity contribution is -0.126. The second-order valence-corrected chi connectivity index (χ2v) is 8.18. The molecule has 37 heavy (non-hydrogen) atoms. The fourth-order valence-electron chi connectivity index (χ4n) is 3.81. The van der Waals surface area contributed by atoms with E-state index in [2.05, 4.69) is 10.6 Å². The van der Waals surface area contributed by atoms with E-state index < -0.39 is 12.2 Å². The highest BCUT2D eigenvalue weighted by Gasteiger charge is 2.21. The normalized spacial score (nSPS) is 12.3. The predicted molar refractivity (Wildman–Crippen MR) is 143 cm³/mol. The smallest absolute Gasteiger partial charge is 0.258 e. The highest BCUT2D eigenvalue weighted by atomic mass is 16.5. The van der Waals surface area contributed by atoms with Gasteiger partial charge in [-0.25, -0.2) is 0 Å². The summed E-state index contributed by atoms with van der Waals surface area (Å²) in [6.45, 7) is 0. The molecule has 0 aromatic heterocycles. The molecular formula is C30H28N2O5. The summed E-state index contributed by atoms with van der Waals surface area (Å²) >= 11 is 0. The third kappa shape index (κ3) is 6.82. The molecule has 2 amide bonds. The van der Waals surface area contributed by atoms with Gasteiger partial charge in [-0.3, -0.25) is 9.59 Å². The summed E-state index contributed by atoms with van der Waals surface area (Å²) in [7, 11) is 3.01. The van der Waals surface area contributed by atoms with Gasteiger partial charge in [-0.1, -0.05) is 60.7 Å². The Hall–Kier alpha value is -4.46. The molecule has 0 spiro atoms. The number of carbonyl (C=O) groups excluding carboxylic acids is 2. The number of methoxy groups -OCH3 is 2. The van der Waals surface area contributed by atoms with Gasteiger partial charge >= 0.3 is 0 Å². The lowest BCUT2D eigenvalue weighted by atomic mass is 10.1. The molecule has 0 aliphatic heterocycles. The van der Waals surface area contributed by atoms with Crippen molar-refractivity contribution in [2.45, 2.75) is 12.2 Å². The lowest BCUT2D eigenvalue weighted by Crippen LogP contribution is -2.22. The molecule has 0 aliphatic carbocycles. The molecule has 2 atom stereocenters. The van der Waals surface area contributed by atoms with Gasteiger partial charge in [0, 0.05) is 25.6 Å². The van der Waals surface area contributed by atoms with Crippen molar-refractivity contribution < 1.29 is 23.8 Å². The van der Waals surface area contributed by atoms with E-state index in [-0.39, 0.29) is 11.8 Å². The SMILES string of the molecule is COC(C(=O)Nc1ccc(Oc2ccc(NC(=O)C(OC)c3ccccc3)cc2)cc1)c1ccccc1. The first-order chi connectivity index (χ1) is 18.1. The molecule has 0 bridgehead atoms. The van der Waals surface area contributed by atoms with Gasteiger partial charge < -0.3 is 24.8 Å². The van der Waals surface area contributed by atoms with Gasteiger partial charge in [0.25, 0.3) is 11.8 Å². The van der Waals surface area contributed by atoms with Crippen molar-refractivity contribution in [3.8, 4) is 11.5 Å². The Morgan fingerprint density at radius 2 is 0.892 bits per heavy atom. The van der Waals surface area contributed by atoms with Gasteiger partial charge in [0.15, 0.2) is 12.2 Å². The zero-order valence-electron chi connectivity index (χ0n) is 20.6. The molecular weight excluding hydrogens is 468 g/mol. The first-order valence-electron chi connectivity index (χ1n) is 11.7. The summed E-state index contributed by atoms with van der Waals surface area (Å²) in [6.07, 6.45) is -1.41. The predicted octanol–water partition coefficient (Wildman–Crippen LogP) is 6.13. The number of carbonyl (C=O) groups is 2. The Balaban J connectivity index is 1.33. The largest absolute Gasteiger partial charge is 0.457 e. The third-order valence-electron chi connectivity index (χ3n) is 5.63. The number of ether oxygens (including phenoxy) is 3. The fourth-order valence-corrected chi connectivity index (χ4v) is 3.81. The zero-order valence-corrected chi connectivity index (χ0v) is 20.6. The molecule has 7 nitrogen and oxygen atoms in total. The summed E-state index contributed by atoms with van der Waals surface area (Å²) in [4.78, 5) is 25.3. The van der Waals surface area contributed by atoms with Gasteiger partial charge in [-0.15, -0.1) is 0 Å². The van der Waals surface area contributed by atoms with Crippen LogP contribution in [0.15, 0.2) is 109 Å². The number of rotatable bonds is 10. The molecule has 4 rings (SSSR count). The molecule has 188 valence electrons. The van der Waals surface area contributed by atoms with Gasteiger partial charge in [-0.2, -0.15) is 0 Å². The number of nitrogens with one attached hydrogen (secondary N) is 2. The summed E-state index contributed by atoms with van der Waals surface area (Å²) in [5.74, 6) is 0.681. The van der Waals surface area contributed by atoms with E-state index in [0.717, 1.165) is 11.1 Å². The van der Waals surface area contributed by atoms with Crippen LogP contribution in [0, 0.1) is 0 Å². The zero-order chi connectivity index (χ0) is 26.0. The van der Waals surface area contributed by atoms with Crippen LogP contribution in [0.4, 0.5) is 11.4 Å². The maximum atomic E-state index is 12.7. The van der Waals surface area contributed by atoms with E-state index >= 15 is 0 Å². The number of hydrogen-bond acceptors (Lipinski definition) is 5. The molecule has 0 radical (unpaired) electrons. The Labute approximate surface area is 216 Å². The molecule has 0 fully saturated rings. The molecule has 4 aromatic rings. The van der Waals surface area contributed by atoms with Crippen LogP contribution < -0.4 is 15.4 Å². The van der Waals surface area contributed by atoms with E-state index in [0.29, 0.717) is 22.9 Å². The number of amides is 2. The van der Waals surface area contributed by atoms with Crippen LogP contribution >= 0.6 is 0 Å². The average Bonchev–Trinajstić information content (AvgIpc) is 2.93. The van der Waals surface area contributed by atoms with E-state index in [4.69, 9.17) is 14.2 Å². The summed E-state index contributed by atoms with van der Waals surface area (Å²) in [6, 6.07) is 32.7. The standard InChI is InChI=1S/C30H28N2O5/c1-35-27(21-9-5-3-6-10-21)29(33)31-23-13-17-25(18-14-23)37-26-19-15-24(16-20-26)32-30(34)28(36-2)22-11-7-4-8-12-22/h3-20,27-28H,1-2H3,(H,31,33)(H,32,34). The minimum atomic E-state index is -0.706. The Kier molecular flexibility index (Phi) is 8.65. The second-order valence-electron chi connectivity index (χ2n) is 8.18. The highest BCUT2D eigenvalue weighted by Crippen LogP contribution is 2.26. The molecule has 0 saturated heterocycles. The van der Waals surface area contributed by atoms with E-state index in [1.54, 1.807) is 48.5 Å². The van der Waals surface area contributed by atoms with Gasteiger partial charge in [0.1, 0.15) is 11.5 Å². The molecule has 7 heteroatoms. The molecule has 0 heterocycles. The summed E-state index contributed by atoms with van der Waals surface area (Å²) in [5, 5.41) is 5.73. The maximum absolute atomic E-state index is 12.7. The van der Waals surface area contributed by atoms with Crippen LogP contribution in [-0.4, -0.2) is 26.0 Å². The van der Waals surface area contributed by atoms with Crippen LogP contribution in [0.25, 0.3) is 0 Å². The van der Waals surface area contributed by atoms with Gasteiger partial charge in [0.05, 0.1) is 0 Å². The second kappa shape index (κ2) is 12.5. The van der Waals surface area contributed by atoms with Crippen molar-refractivity contribution in [1.82, 2.24) is 0 Å². The number of benzene rings is 4. The number of anilines is 2. The minimum absolute atomic E-state index is 0.261. The van der Waals surface area contributed by atoms with Crippen molar-refractivity contribution in [1.29, 1.82) is 0 Å². The van der Waals surface area contributed by atoms with Crippen molar-refractivity contribution in [2.75, 3.05) is 24.9 Å². The fraction of sp³-hybridized carbons (Fsp3) is 0.133. The van der Waals surface area contributed by atoms with Gasteiger partial charge in [0.2, 0.25) is 0 Å². The Morgan fingerprint density at radius 3 is 1.22 bits per heavy atom. The van der Waals surface area contributed by atoms with E-state index in [1.807, 2.05) is 60.7 Å². The Bertz CT molecular complexity index is 1190. The van der Waals surface area contributed by atoms with Crippen molar-refractivity contribution in [3.63, 3.8) is 0 Å². The van der Waals surface area contributed by atoms with Crippen LogP contribution in [0.5, 0.6) is 11.5 Å². The Morgan fingerprint density at radius 1 is 0.541 bits per heavy atom. The number of hydrogen-bond donors (Lipinski definition) is 2. The molecule has 0 aliphatic rings. The van der Waals surface area contributed by atoms with Crippen molar-refractivity contribution in [2.24, 2.45) is 0 Å². The first-order valence-corrected chi connectivity index (χ1v) is 11.7. The van der Waals surface area contributed by atoms with Crippen molar-refractivity contribution in [3.05, 3.63) is 120 Å². The van der Waals surface area contributed by atoms with Crippen LogP contribution in [0.1, 0.15) is 23.3 Å². The highest BCUT2D eigenvalue weighted by molar-refractivity contribution is 5.95. The first kappa shape index (κ1) is 25.6. The summed E-state index contributed by atoms with van der Waals surface area (Å²) in [5.41, 5.74) is 2.80. The van der Waals surface area contributed by atoms with Gasteiger partial charge in [-0.05, 0) is 59.7 Å². The molecule has 0 saturated carbocycles. The average molecular weight is 497 g/mol. The quantitative estimate of drug-likeness (QED) is 0.276. The van der Waals surface area contributed by atoms with E-state index in [9.17, 15) is 9.59 Å². The van der Waals surface area contributed by atoms with Crippen LogP contribution in [-0.2, 0) is 19.1 Å². The van der Waals surface area contributed by atoms with Crippen molar-refractivity contribution >= 4 is 23.2 Å². The van der Waals surface area contributed by atoms with Crippen LogP contribution in [0.3, 0.4) is 0 Å². The maximum Gasteiger partial charge on any atom is 0.258 e. The minimum Gasteiger partial charge on any atom is -0.457 e. The molecule has 2 unspecified atom stereocenters. The van der Waals surface area contributed by atoms with E-state index in [1.165, 1.54) is 14.2 Å². The van der Waals surface area contributed by atoms with Crippen LogP contribution in [0.2, 0.25) is 0 Å². The molecule has 4 aromatic carbocycles. The topological polar surface area (TPSA) is 85.9 Å². The monoisotopic (exact) mass is 496 g/mol. The third-order valence-corrected chi connectivity index (χ3v) is 5.63. The lowest BCUT2D eigenvalue weighted by Gasteiger charge is -2.16. The summed E-state index contributed by atoms with van der Waals surface area (Å²) < 4.78 is 16.7.